The number of carboxylic acids is 1. The molecule has 0 spiro atoms. The van der Waals surface area contributed by atoms with Gasteiger partial charge in [0.05, 0.1) is 11.3 Å². The minimum absolute atomic E-state index is 0.275. The molecular formula is C10H9NO3. The number of benzene rings is 1. The van der Waals surface area contributed by atoms with E-state index < -0.39 is 5.97 Å². The van der Waals surface area contributed by atoms with Gasteiger partial charge in [-0.1, -0.05) is 17.3 Å². The van der Waals surface area contributed by atoms with Crippen molar-refractivity contribution in [1.82, 2.24) is 0 Å². The average molecular weight is 191 g/mol. The van der Waals surface area contributed by atoms with Crippen LogP contribution in [0, 0.1) is 0 Å². The second kappa shape index (κ2) is 3.49. The first kappa shape index (κ1) is 8.74. The number of nitrogens with zero attached hydrogens (tertiary/aromatic N) is 1. The smallest absolute Gasteiger partial charge is 0.335 e. The van der Waals surface area contributed by atoms with Gasteiger partial charge in [-0.15, -0.1) is 0 Å². The zero-order valence-corrected chi connectivity index (χ0v) is 7.43. The fraction of sp³-hybridized carbons (Fsp3) is 0.200. The van der Waals surface area contributed by atoms with Crippen molar-refractivity contribution in [3.63, 3.8) is 0 Å². The van der Waals surface area contributed by atoms with Crippen molar-refractivity contribution in [2.75, 3.05) is 6.61 Å². The molecule has 4 heteroatoms. The molecule has 0 atom stereocenters. The molecule has 1 N–H and O–H groups in total. The summed E-state index contributed by atoms with van der Waals surface area (Å²) in [4.78, 5) is 15.5. The Kier molecular flexibility index (Phi) is 2.18. The van der Waals surface area contributed by atoms with E-state index in [4.69, 9.17) is 9.94 Å². The van der Waals surface area contributed by atoms with E-state index in [0.29, 0.717) is 6.61 Å². The number of hydrogen-bond donors (Lipinski definition) is 1. The minimum atomic E-state index is -0.925. The number of oxime groups is 1. The third-order valence-corrected chi connectivity index (χ3v) is 2.05. The van der Waals surface area contributed by atoms with Gasteiger partial charge in [-0.2, -0.15) is 0 Å². The van der Waals surface area contributed by atoms with Crippen LogP contribution in [-0.2, 0) is 4.84 Å². The summed E-state index contributed by atoms with van der Waals surface area (Å²) >= 11 is 0. The van der Waals surface area contributed by atoms with E-state index in [1.54, 1.807) is 18.2 Å². The van der Waals surface area contributed by atoms with Crippen molar-refractivity contribution < 1.29 is 14.7 Å². The van der Waals surface area contributed by atoms with Crippen LogP contribution in [0.15, 0.2) is 29.4 Å². The van der Waals surface area contributed by atoms with E-state index in [1.165, 1.54) is 0 Å². The van der Waals surface area contributed by atoms with Gasteiger partial charge in [-0.25, -0.2) is 4.79 Å². The summed E-state index contributed by atoms with van der Waals surface area (Å²) < 4.78 is 0. The summed E-state index contributed by atoms with van der Waals surface area (Å²) in [7, 11) is 0. The number of hydrogen-bond acceptors (Lipinski definition) is 3. The van der Waals surface area contributed by atoms with Crippen LogP contribution >= 0.6 is 0 Å². The van der Waals surface area contributed by atoms with Gasteiger partial charge in [-0.3, -0.25) is 0 Å². The Bertz CT molecular complexity index is 398. The number of rotatable bonds is 2. The highest BCUT2D eigenvalue weighted by Gasteiger charge is 2.12. The normalized spacial score (nSPS) is 14.7. The van der Waals surface area contributed by atoms with Crippen LogP contribution in [0.1, 0.15) is 22.3 Å². The lowest BCUT2D eigenvalue weighted by Gasteiger charge is -1.99. The van der Waals surface area contributed by atoms with Gasteiger partial charge in [0.1, 0.15) is 6.61 Å². The highest BCUT2D eigenvalue weighted by molar-refractivity contribution is 6.02. The largest absolute Gasteiger partial charge is 0.478 e. The molecule has 0 radical (unpaired) electrons. The third kappa shape index (κ3) is 1.59. The van der Waals surface area contributed by atoms with Gasteiger partial charge in [0.25, 0.3) is 0 Å². The highest BCUT2D eigenvalue weighted by Crippen LogP contribution is 2.12. The first-order valence-electron chi connectivity index (χ1n) is 4.30. The van der Waals surface area contributed by atoms with Gasteiger partial charge in [0.2, 0.25) is 0 Å². The lowest BCUT2D eigenvalue weighted by molar-refractivity contribution is 0.0697. The zero-order chi connectivity index (χ0) is 9.97. The summed E-state index contributed by atoms with van der Waals surface area (Å²) in [5.41, 5.74) is 1.91. The third-order valence-electron chi connectivity index (χ3n) is 2.05. The molecule has 1 aromatic carbocycles. The van der Waals surface area contributed by atoms with Crippen molar-refractivity contribution in [3.8, 4) is 0 Å². The van der Waals surface area contributed by atoms with Crippen molar-refractivity contribution in [2.24, 2.45) is 5.16 Å². The van der Waals surface area contributed by atoms with Gasteiger partial charge in [0.15, 0.2) is 0 Å². The summed E-state index contributed by atoms with van der Waals surface area (Å²) in [5.74, 6) is -0.925. The zero-order valence-electron chi connectivity index (χ0n) is 7.43. The molecule has 4 nitrogen and oxygen atoms in total. The molecule has 0 amide bonds. The minimum Gasteiger partial charge on any atom is -0.478 e. The number of carbonyl (C=O) groups is 1. The Morgan fingerprint density at radius 1 is 1.50 bits per heavy atom. The van der Waals surface area contributed by atoms with Crippen molar-refractivity contribution >= 4 is 11.7 Å². The van der Waals surface area contributed by atoms with Crippen molar-refractivity contribution in [1.29, 1.82) is 0 Å². The lowest BCUT2D eigenvalue weighted by atomic mass is 10.1. The fourth-order valence-electron chi connectivity index (χ4n) is 1.34. The van der Waals surface area contributed by atoms with Crippen LogP contribution < -0.4 is 0 Å². The predicted octanol–water partition coefficient (Wildman–Crippen LogP) is 1.51. The fourth-order valence-corrected chi connectivity index (χ4v) is 1.34. The van der Waals surface area contributed by atoms with E-state index in [1.807, 2.05) is 6.07 Å². The Labute approximate surface area is 80.8 Å². The van der Waals surface area contributed by atoms with E-state index >= 15 is 0 Å². The maximum atomic E-state index is 10.7. The van der Waals surface area contributed by atoms with E-state index in [0.717, 1.165) is 17.7 Å². The Morgan fingerprint density at radius 2 is 2.36 bits per heavy atom. The van der Waals surface area contributed by atoms with E-state index in [-0.39, 0.29) is 5.56 Å². The molecule has 0 fully saturated rings. The maximum absolute atomic E-state index is 10.7. The molecule has 1 aliphatic rings. The maximum Gasteiger partial charge on any atom is 0.335 e. The van der Waals surface area contributed by atoms with Crippen LogP contribution in [0.25, 0.3) is 0 Å². The number of carboxylic acid groups (broad SMARTS) is 1. The van der Waals surface area contributed by atoms with Crippen LogP contribution in [0.3, 0.4) is 0 Å². The highest BCUT2D eigenvalue weighted by atomic mass is 16.6. The summed E-state index contributed by atoms with van der Waals surface area (Å²) in [6.07, 6.45) is 0.739. The Morgan fingerprint density at radius 3 is 3.00 bits per heavy atom. The molecule has 2 rings (SSSR count). The molecule has 0 unspecified atom stereocenters. The SMILES string of the molecule is O=C(O)c1cccc(C2=NOCC2)c1. The topological polar surface area (TPSA) is 58.9 Å². The van der Waals surface area contributed by atoms with Crippen LogP contribution in [0.5, 0.6) is 0 Å². The summed E-state index contributed by atoms with van der Waals surface area (Å²) in [6.45, 7) is 0.576. The van der Waals surface area contributed by atoms with Gasteiger partial charge >= 0.3 is 5.97 Å². The average Bonchev–Trinajstić information content (AvgIpc) is 2.71. The monoisotopic (exact) mass is 191 g/mol. The van der Waals surface area contributed by atoms with Crippen LogP contribution in [-0.4, -0.2) is 23.4 Å². The molecule has 0 saturated carbocycles. The summed E-state index contributed by atoms with van der Waals surface area (Å²) in [6, 6.07) is 6.71. The molecule has 14 heavy (non-hydrogen) atoms. The first-order valence-corrected chi connectivity index (χ1v) is 4.30. The molecule has 0 aromatic heterocycles. The quantitative estimate of drug-likeness (QED) is 0.770. The molecule has 1 heterocycles. The second-order valence-corrected chi connectivity index (χ2v) is 3.01. The van der Waals surface area contributed by atoms with Crippen LogP contribution in [0.2, 0.25) is 0 Å². The standard InChI is InChI=1S/C10H9NO3/c12-10(13)8-3-1-2-7(6-8)9-4-5-14-11-9/h1-3,6H,4-5H2,(H,12,13). The Balaban J connectivity index is 2.34. The van der Waals surface area contributed by atoms with Crippen molar-refractivity contribution in [3.05, 3.63) is 35.4 Å². The number of aromatic carboxylic acids is 1. The molecule has 1 aromatic rings. The van der Waals surface area contributed by atoms with E-state index in [9.17, 15) is 4.79 Å². The molecule has 1 aliphatic heterocycles. The van der Waals surface area contributed by atoms with E-state index in [2.05, 4.69) is 5.16 Å². The molecule has 0 bridgehead atoms. The molecule has 0 aliphatic carbocycles. The van der Waals surface area contributed by atoms with Gasteiger partial charge in [-0.05, 0) is 12.1 Å². The summed E-state index contributed by atoms with van der Waals surface area (Å²) in [5, 5.41) is 12.6. The van der Waals surface area contributed by atoms with Gasteiger partial charge in [0, 0.05) is 12.0 Å². The van der Waals surface area contributed by atoms with Gasteiger partial charge < -0.3 is 9.94 Å². The predicted molar refractivity (Wildman–Crippen MR) is 50.5 cm³/mol. The van der Waals surface area contributed by atoms with Crippen LogP contribution in [0.4, 0.5) is 0 Å². The first-order chi connectivity index (χ1) is 6.77. The second-order valence-electron chi connectivity index (χ2n) is 3.01. The lowest BCUT2D eigenvalue weighted by Crippen LogP contribution is -2.01. The molecular weight excluding hydrogens is 182 g/mol. The van der Waals surface area contributed by atoms with Crippen molar-refractivity contribution in [2.45, 2.75) is 6.42 Å². The molecule has 72 valence electrons. The Hall–Kier alpha value is -1.84. The molecule has 0 saturated heterocycles.